The molecule has 0 atom stereocenters. The number of hydrogen-bond acceptors (Lipinski definition) is 4. The average molecular weight is 426 g/mol. The van der Waals surface area contributed by atoms with Gasteiger partial charge in [-0.2, -0.15) is 4.40 Å². The molecule has 25 heavy (non-hydrogen) atoms. The van der Waals surface area contributed by atoms with Gasteiger partial charge < -0.3 is 0 Å². The molecule has 2 aromatic carbocycles. The van der Waals surface area contributed by atoms with Gasteiger partial charge in [0.15, 0.2) is 12.4 Å². The van der Waals surface area contributed by atoms with Crippen molar-refractivity contribution < 1.29 is 33.3 Å². The van der Waals surface area contributed by atoms with Gasteiger partial charge in [0.25, 0.3) is 0 Å². The molecule has 2 aromatic heterocycles. The van der Waals surface area contributed by atoms with Gasteiger partial charge in [-0.3, -0.25) is 0 Å². The van der Waals surface area contributed by atoms with Crippen molar-refractivity contribution in [3.05, 3.63) is 71.0 Å². The Balaban J connectivity index is 0.000000324. The molecule has 0 amide bonds. The number of pyridine rings is 2. The fraction of sp³-hybridized carbons (Fsp3) is 0.0556. The monoisotopic (exact) mass is 424 g/mol. The molecule has 130 valence electrons. The first-order valence-corrected chi connectivity index (χ1v) is 9.44. The summed E-state index contributed by atoms with van der Waals surface area (Å²) in [6.45, 7) is 2.20. The van der Waals surface area contributed by atoms with Crippen LogP contribution in [-0.4, -0.2) is 14.0 Å². The number of nitrogens with zero attached hydrogens (tertiary/aromatic N) is 1. The minimum atomic E-state index is -4.19. The standard InChI is InChI=1S/C18H13BrN.ClH3O4/c1-12-13-8-9-15-14(5-4-6-17(15)19)16(13)11-20-10-3-2-7-18(12)20;2-1(3,4)5/h2-11H,1H3;2-4H/q+1;. The molecule has 4 rings (SSSR count). The van der Waals surface area contributed by atoms with Crippen LogP contribution < -0.4 is 9.06 Å². The predicted octanol–water partition coefficient (Wildman–Crippen LogP) is 1.94. The fourth-order valence-electron chi connectivity index (χ4n) is 2.97. The fourth-order valence-corrected chi connectivity index (χ4v) is 3.47. The summed E-state index contributed by atoms with van der Waals surface area (Å²) in [5, 5.41) is 5.17. The van der Waals surface area contributed by atoms with Gasteiger partial charge >= 0.3 is 28.9 Å². The molecule has 7 heteroatoms. The molecule has 0 aliphatic rings. The summed E-state index contributed by atoms with van der Waals surface area (Å²) < 4.78 is 33.6. The van der Waals surface area contributed by atoms with Crippen LogP contribution in [0, 0.1) is 17.2 Å². The maximum atomic E-state index is 8.83. The molecular formula is C18H16BrClNO4+. The summed E-state index contributed by atoms with van der Waals surface area (Å²) in [7, 11) is -4.19. The first kappa shape index (κ1) is 18.0. The van der Waals surface area contributed by atoms with Crippen LogP contribution in [0.15, 0.2) is 65.4 Å². The summed E-state index contributed by atoms with van der Waals surface area (Å²) in [6, 6.07) is 17.1. The predicted molar refractivity (Wildman–Crippen MR) is 93.7 cm³/mol. The zero-order valence-corrected chi connectivity index (χ0v) is 15.6. The van der Waals surface area contributed by atoms with E-state index < -0.39 is 10.2 Å². The van der Waals surface area contributed by atoms with E-state index in [1.54, 1.807) is 0 Å². The normalized spacial score (nSPS) is 12.2. The number of aryl methyl sites for hydroxylation is 1. The van der Waals surface area contributed by atoms with E-state index in [9.17, 15) is 0 Å². The van der Waals surface area contributed by atoms with Crippen LogP contribution in [0.2, 0.25) is 0 Å². The topological polar surface area (TPSA) is 87.9 Å². The molecule has 3 N–H and O–H groups in total. The Labute approximate surface area is 154 Å². The van der Waals surface area contributed by atoms with Crippen molar-refractivity contribution >= 4 is 43.0 Å². The third kappa shape index (κ3) is 3.90. The first-order valence-electron chi connectivity index (χ1n) is 7.32. The van der Waals surface area contributed by atoms with Crippen molar-refractivity contribution in [3.63, 3.8) is 0 Å². The Morgan fingerprint density at radius 2 is 1.56 bits per heavy atom. The van der Waals surface area contributed by atoms with Crippen LogP contribution in [0.4, 0.5) is 0 Å². The van der Waals surface area contributed by atoms with Gasteiger partial charge in [-0.15, -0.1) is 0 Å². The van der Waals surface area contributed by atoms with E-state index in [4.69, 9.17) is 18.6 Å². The van der Waals surface area contributed by atoms with Gasteiger partial charge in [0, 0.05) is 22.2 Å². The number of halogens is 2. The second-order valence-electron chi connectivity index (χ2n) is 5.54. The van der Waals surface area contributed by atoms with E-state index in [1.165, 1.54) is 32.6 Å². The van der Waals surface area contributed by atoms with E-state index in [2.05, 4.69) is 88.2 Å². The van der Waals surface area contributed by atoms with Crippen molar-refractivity contribution in [2.75, 3.05) is 0 Å². The number of hydrogen-bond donors (Lipinski definition) is 3. The Bertz CT molecular complexity index is 1070. The maximum absolute atomic E-state index is 8.83. The number of benzene rings is 2. The summed E-state index contributed by atoms with van der Waals surface area (Å²) >= 11 is 3.64. The summed E-state index contributed by atoms with van der Waals surface area (Å²) in [5.41, 5.74) is 2.58. The van der Waals surface area contributed by atoms with Gasteiger partial charge in [-0.1, -0.05) is 40.2 Å². The van der Waals surface area contributed by atoms with E-state index in [0.717, 1.165) is 4.47 Å². The number of aromatic nitrogens is 1. The van der Waals surface area contributed by atoms with Crippen LogP contribution in [0.3, 0.4) is 0 Å². The molecule has 0 aliphatic heterocycles. The SMILES string of the molecule is Cc1c2ccc3c(Br)cccc3c2c[n+]2ccccc12.[O-][Cl+](O)(O)O. The minimum absolute atomic E-state index is 1.15. The van der Waals surface area contributed by atoms with Gasteiger partial charge in [-0.25, -0.2) is 0 Å². The van der Waals surface area contributed by atoms with Crippen molar-refractivity contribution in [2.45, 2.75) is 6.92 Å². The molecule has 0 aliphatic carbocycles. The number of rotatable bonds is 0. The average Bonchev–Trinajstić information content (AvgIpc) is 2.54. The van der Waals surface area contributed by atoms with Crippen molar-refractivity contribution in [3.8, 4) is 0 Å². The molecule has 0 saturated heterocycles. The van der Waals surface area contributed by atoms with Crippen molar-refractivity contribution in [2.24, 2.45) is 0 Å². The Morgan fingerprint density at radius 3 is 2.28 bits per heavy atom. The molecule has 5 nitrogen and oxygen atoms in total. The van der Waals surface area contributed by atoms with Crippen LogP contribution >= 0.6 is 15.9 Å². The second-order valence-corrected chi connectivity index (χ2v) is 7.26. The molecule has 0 saturated carbocycles. The molecule has 0 bridgehead atoms. The van der Waals surface area contributed by atoms with Crippen LogP contribution in [0.1, 0.15) is 5.56 Å². The van der Waals surface area contributed by atoms with Gasteiger partial charge in [0.2, 0.25) is 5.52 Å². The Morgan fingerprint density at radius 1 is 0.880 bits per heavy atom. The van der Waals surface area contributed by atoms with E-state index in [1.807, 2.05) is 0 Å². The van der Waals surface area contributed by atoms with Crippen LogP contribution in [0.25, 0.3) is 27.1 Å². The van der Waals surface area contributed by atoms with Crippen molar-refractivity contribution in [1.82, 2.24) is 0 Å². The third-order valence-corrected chi connectivity index (χ3v) is 4.69. The summed E-state index contributed by atoms with van der Waals surface area (Å²) in [4.78, 5) is 0. The molecular weight excluding hydrogens is 410 g/mol. The van der Waals surface area contributed by atoms with Gasteiger partial charge in [0.05, 0.1) is 5.39 Å². The number of fused-ring (bicyclic) bond motifs is 4. The third-order valence-electron chi connectivity index (χ3n) is 4.00. The first-order chi connectivity index (χ1) is 11.8. The molecule has 4 aromatic rings. The molecule has 2 heterocycles. The zero-order valence-electron chi connectivity index (χ0n) is 13.2. The molecule has 0 radical (unpaired) electrons. The van der Waals surface area contributed by atoms with E-state index in [0.29, 0.717) is 0 Å². The summed E-state index contributed by atoms with van der Waals surface area (Å²) in [6.07, 6.45) is 4.34. The van der Waals surface area contributed by atoms with Crippen LogP contribution in [0.5, 0.6) is 0 Å². The van der Waals surface area contributed by atoms with E-state index in [-0.39, 0.29) is 0 Å². The zero-order chi connectivity index (χ0) is 18.2. The second kappa shape index (κ2) is 6.84. The Hall–Kier alpha value is -1.80. The molecule has 0 unspecified atom stereocenters. The quantitative estimate of drug-likeness (QED) is 0.228. The molecule has 0 spiro atoms. The molecule has 0 fully saturated rings. The van der Waals surface area contributed by atoms with Gasteiger partial charge in [-0.05, 0) is 35.2 Å². The van der Waals surface area contributed by atoms with Crippen molar-refractivity contribution in [1.29, 1.82) is 0 Å². The Kier molecular flexibility index (Phi) is 4.92. The van der Waals surface area contributed by atoms with E-state index >= 15 is 0 Å². The summed E-state index contributed by atoms with van der Waals surface area (Å²) in [5.74, 6) is 0. The van der Waals surface area contributed by atoms with Gasteiger partial charge in [0.1, 0.15) is 0 Å². The van der Waals surface area contributed by atoms with Crippen LogP contribution in [-0.2, 0) is 0 Å².